The average molecular weight is 405 g/mol. The van der Waals surface area contributed by atoms with Gasteiger partial charge in [0.05, 0.1) is 16.8 Å². The second-order valence-corrected chi connectivity index (χ2v) is 7.30. The van der Waals surface area contributed by atoms with Crippen LogP contribution >= 0.6 is 27.3 Å². The first-order valence-electron chi connectivity index (χ1n) is 7.52. The van der Waals surface area contributed by atoms with Crippen molar-refractivity contribution in [3.63, 3.8) is 0 Å². The van der Waals surface area contributed by atoms with Gasteiger partial charge >= 0.3 is 0 Å². The summed E-state index contributed by atoms with van der Waals surface area (Å²) in [4.78, 5) is 17.7. The normalized spacial score (nSPS) is 12.0. The number of carbonyl (C=O) groups is 1. The number of carbonyl (C=O) groups excluding carboxylic acids is 1. The average Bonchev–Trinajstić information content (AvgIpc) is 2.89. The number of fused-ring (bicyclic) bond motifs is 1. The van der Waals surface area contributed by atoms with Crippen LogP contribution in [0.15, 0.2) is 51.9 Å². The Hall–Kier alpha value is -1.76. The van der Waals surface area contributed by atoms with Gasteiger partial charge in [0.15, 0.2) is 4.80 Å². The summed E-state index contributed by atoms with van der Waals surface area (Å²) in [6.07, 6.45) is 0. The summed E-state index contributed by atoms with van der Waals surface area (Å²) in [5.74, 6) is -0.218. The van der Waals surface area contributed by atoms with E-state index in [0.29, 0.717) is 23.5 Å². The molecule has 0 spiro atoms. The Bertz CT molecular complexity index is 959. The number of nitrogens with zero attached hydrogens (tertiary/aromatic N) is 2. The topological polar surface area (TPSA) is 43.6 Å². The molecule has 124 valence electrons. The molecule has 1 heterocycles. The number of thiazole rings is 1. The SMILES string of the molecule is COCCn1c(=NC(=O)c2ccccc2C)sc2cc(Br)ccc21. The molecule has 0 saturated heterocycles. The molecule has 0 aliphatic rings. The lowest BCUT2D eigenvalue weighted by Gasteiger charge is -2.04. The molecule has 0 N–H and O–H groups in total. The predicted octanol–water partition coefficient (Wildman–Crippen LogP) is 4.16. The second kappa shape index (κ2) is 7.42. The zero-order chi connectivity index (χ0) is 17.1. The lowest BCUT2D eigenvalue weighted by Crippen LogP contribution is -2.19. The molecular formula is C18H17BrN2O2S. The molecule has 0 atom stereocenters. The fraction of sp³-hybridized carbons (Fsp3) is 0.222. The number of ether oxygens (including phenoxy) is 1. The minimum Gasteiger partial charge on any atom is -0.383 e. The molecule has 1 aromatic heterocycles. The fourth-order valence-corrected chi connectivity index (χ4v) is 4.10. The maximum Gasteiger partial charge on any atom is 0.279 e. The Morgan fingerprint density at radius 2 is 2.08 bits per heavy atom. The largest absolute Gasteiger partial charge is 0.383 e. The van der Waals surface area contributed by atoms with Crippen molar-refractivity contribution in [3.8, 4) is 0 Å². The van der Waals surface area contributed by atoms with Crippen LogP contribution in [0.25, 0.3) is 10.2 Å². The summed E-state index contributed by atoms with van der Waals surface area (Å²) in [6.45, 7) is 3.13. The fourth-order valence-electron chi connectivity index (χ4n) is 2.49. The minimum atomic E-state index is -0.218. The molecule has 0 bridgehead atoms. The number of hydrogen-bond donors (Lipinski definition) is 0. The number of amides is 1. The zero-order valence-corrected chi connectivity index (χ0v) is 15.9. The number of hydrogen-bond acceptors (Lipinski definition) is 3. The van der Waals surface area contributed by atoms with Gasteiger partial charge in [-0.3, -0.25) is 4.79 Å². The van der Waals surface area contributed by atoms with Gasteiger partial charge in [0, 0.05) is 23.7 Å². The van der Waals surface area contributed by atoms with Crippen LogP contribution < -0.4 is 4.80 Å². The van der Waals surface area contributed by atoms with Gasteiger partial charge in [-0.15, -0.1) is 0 Å². The van der Waals surface area contributed by atoms with Crippen LogP contribution in [-0.4, -0.2) is 24.2 Å². The molecule has 0 radical (unpaired) electrons. The maximum absolute atomic E-state index is 12.6. The van der Waals surface area contributed by atoms with Crippen LogP contribution in [-0.2, 0) is 11.3 Å². The molecule has 4 nitrogen and oxygen atoms in total. The minimum absolute atomic E-state index is 0.218. The van der Waals surface area contributed by atoms with Gasteiger partial charge in [-0.1, -0.05) is 45.5 Å². The van der Waals surface area contributed by atoms with Crippen LogP contribution in [0.1, 0.15) is 15.9 Å². The molecule has 2 aromatic carbocycles. The van der Waals surface area contributed by atoms with Crippen LogP contribution in [0, 0.1) is 6.92 Å². The highest BCUT2D eigenvalue weighted by atomic mass is 79.9. The standard InChI is InChI=1S/C18H17BrN2O2S/c1-12-5-3-4-6-14(12)17(22)20-18-21(9-10-23-2)15-8-7-13(19)11-16(15)24-18/h3-8,11H,9-10H2,1-2H3. The summed E-state index contributed by atoms with van der Waals surface area (Å²) in [5, 5.41) is 0. The number of rotatable bonds is 4. The Kier molecular flexibility index (Phi) is 5.28. The van der Waals surface area contributed by atoms with Crippen molar-refractivity contribution >= 4 is 43.4 Å². The van der Waals surface area contributed by atoms with Gasteiger partial charge in [0.1, 0.15) is 0 Å². The van der Waals surface area contributed by atoms with Crippen molar-refractivity contribution in [2.24, 2.45) is 4.99 Å². The predicted molar refractivity (Wildman–Crippen MR) is 100 cm³/mol. The van der Waals surface area contributed by atoms with Gasteiger partial charge in [-0.2, -0.15) is 4.99 Å². The van der Waals surface area contributed by atoms with E-state index in [1.165, 1.54) is 11.3 Å². The Morgan fingerprint density at radius 1 is 1.29 bits per heavy atom. The van der Waals surface area contributed by atoms with Crippen molar-refractivity contribution in [3.05, 3.63) is 62.9 Å². The Morgan fingerprint density at radius 3 is 2.83 bits per heavy atom. The molecule has 1 amide bonds. The first-order valence-corrected chi connectivity index (χ1v) is 9.13. The molecule has 0 aliphatic carbocycles. The number of aromatic nitrogens is 1. The highest BCUT2D eigenvalue weighted by Crippen LogP contribution is 2.22. The quantitative estimate of drug-likeness (QED) is 0.654. The lowest BCUT2D eigenvalue weighted by molar-refractivity contribution is 0.0997. The van der Waals surface area contributed by atoms with Crippen LogP contribution in [0.5, 0.6) is 0 Å². The van der Waals surface area contributed by atoms with Crippen LogP contribution in [0.4, 0.5) is 0 Å². The first-order chi connectivity index (χ1) is 11.6. The molecule has 3 rings (SSSR count). The van der Waals surface area contributed by atoms with E-state index in [0.717, 1.165) is 20.3 Å². The number of benzene rings is 2. The van der Waals surface area contributed by atoms with Gasteiger partial charge in [0.2, 0.25) is 0 Å². The third-order valence-corrected chi connectivity index (χ3v) is 5.27. The molecule has 6 heteroatoms. The summed E-state index contributed by atoms with van der Waals surface area (Å²) in [7, 11) is 1.67. The van der Waals surface area contributed by atoms with E-state index in [1.807, 2.05) is 54.0 Å². The second-order valence-electron chi connectivity index (χ2n) is 5.37. The molecule has 0 saturated carbocycles. The highest BCUT2D eigenvalue weighted by Gasteiger charge is 2.11. The third kappa shape index (κ3) is 3.50. The monoisotopic (exact) mass is 404 g/mol. The summed E-state index contributed by atoms with van der Waals surface area (Å²) in [6, 6.07) is 13.6. The maximum atomic E-state index is 12.6. The van der Waals surface area contributed by atoms with E-state index < -0.39 is 0 Å². The Labute approximate surface area is 152 Å². The molecule has 24 heavy (non-hydrogen) atoms. The van der Waals surface area contributed by atoms with E-state index in [4.69, 9.17) is 4.74 Å². The third-order valence-electron chi connectivity index (χ3n) is 3.74. The lowest BCUT2D eigenvalue weighted by atomic mass is 10.1. The van der Waals surface area contributed by atoms with E-state index >= 15 is 0 Å². The number of aryl methyl sites for hydroxylation is 1. The zero-order valence-electron chi connectivity index (χ0n) is 13.5. The van der Waals surface area contributed by atoms with Crippen molar-refractivity contribution in [1.29, 1.82) is 0 Å². The van der Waals surface area contributed by atoms with Crippen molar-refractivity contribution < 1.29 is 9.53 Å². The van der Waals surface area contributed by atoms with Crippen molar-refractivity contribution in [2.45, 2.75) is 13.5 Å². The highest BCUT2D eigenvalue weighted by molar-refractivity contribution is 9.10. The molecule has 0 unspecified atom stereocenters. The van der Waals surface area contributed by atoms with E-state index in [9.17, 15) is 4.79 Å². The summed E-state index contributed by atoms with van der Waals surface area (Å²) >= 11 is 5.00. The van der Waals surface area contributed by atoms with Gasteiger partial charge < -0.3 is 9.30 Å². The molecule has 0 aliphatic heterocycles. The van der Waals surface area contributed by atoms with E-state index in [1.54, 1.807) is 7.11 Å². The van der Waals surface area contributed by atoms with Gasteiger partial charge in [-0.25, -0.2) is 0 Å². The van der Waals surface area contributed by atoms with Crippen LogP contribution in [0.2, 0.25) is 0 Å². The molecule has 0 fully saturated rings. The summed E-state index contributed by atoms with van der Waals surface area (Å²) in [5.41, 5.74) is 2.62. The van der Waals surface area contributed by atoms with Gasteiger partial charge in [-0.05, 0) is 36.8 Å². The molecular weight excluding hydrogens is 388 g/mol. The Balaban J connectivity index is 2.13. The number of methoxy groups -OCH3 is 1. The smallest absolute Gasteiger partial charge is 0.279 e. The number of halogens is 1. The summed E-state index contributed by atoms with van der Waals surface area (Å²) < 4.78 is 9.32. The van der Waals surface area contributed by atoms with E-state index in [2.05, 4.69) is 20.9 Å². The molecule has 3 aromatic rings. The first kappa shape index (κ1) is 17.1. The van der Waals surface area contributed by atoms with E-state index in [-0.39, 0.29) is 5.91 Å². The van der Waals surface area contributed by atoms with Crippen molar-refractivity contribution in [1.82, 2.24) is 4.57 Å². The van der Waals surface area contributed by atoms with Crippen molar-refractivity contribution in [2.75, 3.05) is 13.7 Å². The van der Waals surface area contributed by atoms with Gasteiger partial charge in [0.25, 0.3) is 5.91 Å². The van der Waals surface area contributed by atoms with Crippen LogP contribution in [0.3, 0.4) is 0 Å².